The molecule has 1 spiro atoms. The first kappa shape index (κ1) is 14.4. The van der Waals surface area contributed by atoms with Crippen LogP contribution in [0.15, 0.2) is 65.4 Å². The number of para-hydroxylation sites is 2. The molecule has 5 heteroatoms. The summed E-state index contributed by atoms with van der Waals surface area (Å²) in [5, 5.41) is 3.77. The van der Waals surface area contributed by atoms with E-state index in [0.29, 0.717) is 18.8 Å². The van der Waals surface area contributed by atoms with Gasteiger partial charge < -0.3 is 19.2 Å². The second-order valence-corrected chi connectivity index (χ2v) is 6.76. The zero-order chi connectivity index (χ0) is 16.9. The zero-order valence-electron chi connectivity index (χ0n) is 13.8. The van der Waals surface area contributed by atoms with Gasteiger partial charge in [-0.2, -0.15) is 0 Å². The van der Waals surface area contributed by atoms with Crippen molar-refractivity contribution in [2.75, 3.05) is 18.4 Å². The summed E-state index contributed by atoms with van der Waals surface area (Å²) in [4.78, 5) is 14.4. The Morgan fingerprint density at radius 1 is 1.04 bits per heavy atom. The second-order valence-electron chi connectivity index (χ2n) is 6.76. The van der Waals surface area contributed by atoms with Gasteiger partial charge in [0, 0.05) is 25.0 Å². The van der Waals surface area contributed by atoms with Crippen LogP contribution in [0.4, 0.5) is 5.69 Å². The molecule has 1 amide bonds. The normalized spacial score (nSPS) is 17.7. The highest BCUT2D eigenvalue weighted by Gasteiger charge is 2.42. The van der Waals surface area contributed by atoms with E-state index in [9.17, 15) is 4.79 Å². The number of aromatic nitrogens is 1. The molecule has 1 fully saturated rings. The maximum absolute atomic E-state index is 12.5. The molecule has 0 aliphatic carbocycles. The van der Waals surface area contributed by atoms with Crippen LogP contribution in [0.3, 0.4) is 0 Å². The Morgan fingerprint density at radius 3 is 2.68 bits per heavy atom. The number of carbonyl (C=O) groups is 1. The summed E-state index contributed by atoms with van der Waals surface area (Å²) in [5.41, 5.74) is 3.48. The van der Waals surface area contributed by atoms with Crippen LogP contribution in [0.1, 0.15) is 29.1 Å². The highest BCUT2D eigenvalue weighted by atomic mass is 16.3. The third-order valence-corrected chi connectivity index (χ3v) is 5.41. The summed E-state index contributed by atoms with van der Waals surface area (Å²) < 4.78 is 7.54. The molecule has 4 heterocycles. The summed E-state index contributed by atoms with van der Waals surface area (Å²) in [6.07, 6.45) is 5.41. The van der Waals surface area contributed by atoms with Crippen molar-refractivity contribution in [3.8, 4) is 5.69 Å². The minimum atomic E-state index is -0.127. The van der Waals surface area contributed by atoms with Crippen molar-refractivity contribution in [1.82, 2.24) is 9.47 Å². The molecule has 1 saturated heterocycles. The Balaban J connectivity index is 1.44. The highest BCUT2D eigenvalue weighted by Crippen LogP contribution is 2.43. The Morgan fingerprint density at radius 2 is 1.88 bits per heavy atom. The number of benzene rings is 1. The van der Waals surface area contributed by atoms with Gasteiger partial charge in [-0.1, -0.05) is 12.1 Å². The van der Waals surface area contributed by atoms with Crippen molar-refractivity contribution >= 4 is 11.6 Å². The lowest BCUT2D eigenvalue weighted by Crippen LogP contribution is -2.51. The number of anilines is 1. The van der Waals surface area contributed by atoms with E-state index in [1.807, 2.05) is 4.90 Å². The summed E-state index contributed by atoms with van der Waals surface area (Å²) in [5.74, 6) is 0.396. The number of fused-ring (bicyclic) bond motifs is 4. The average Bonchev–Trinajstić information content (AvgIpc) is 3.34. The molecule has 126 valence electrons. The molecule has 25 heavy (non-hydrogen) atoms. The Kier molecular flexibility index (Phi) is 3.04. The van der Waals surface area contributed by atoms with Gasteiger partial charge in [0.1, 0.15) is 0 Å². The second kappa shape index (κ2) is 5.28. The fourth-order valence-electron chi connectivity index (χ4n) is 4.12. The van der Waals surface area contributed by atoms with E-state index < -0.39 is 0 Å². The van der Waals surface area contributed by atoms with E-state index in [-0.39, 0.29) is 11.4 Å². The van der Waals surface area contributed by atoms with Gasteiger partial charge in [0.15, 0.2) is 5.76 Å². The number of nitrogens with zero attached hydrogens (tertiary/aromatic N) is 2. The number of rotatable bonds is 1. The predicted octanol–water partition coefficient (Wildman–Crippen LogP) is 3.63. The third kappa shape index (κ3) is 2.12. The molecule has 0 bridgehead atoms. The predicted molar refractivity (Wildman–Crippen MR) is 94.9 cm³/mol. The van der Waals surface area contributed by atoms with E-state index in [1.165, 1.54) is 11.4 Å². The van der Waals surface area contributed by atoms with Crippen molar-refractivity contribution in [1.29, 1.82) is 0 Å². The van der Waals surface area contributed by atoms with Gasteiger partial charge >= 0.3 is 0 Å². The maximum atomic E-state index is 12.5. The van der Waals surface area contributed by atoms with Crippen LogP contribution in [-0.4, -0.2) is 28.5 Å². The lowest BCUT2D eigenvalue weighted by Gasteiger charge is -2.46. The number of hydrogen-bond donors (Lipinski definition) is 1. The first-order valence-electron chi connectivity index (χ1n) is 8.65. The van der Waals surface area contributed by atoms with Crippen LogP contribution in [0.5, 0.6) is 0 Å². The average molecular weight is 333 g/mol. The molecule has 5 rings (SSSR count). The van der Waals surface area contributed by atoms with Crippen LogP contribution in [0.2, 0.25) is 0 Å². The fourth-order valence-corrected chi connectivity index (χ4v) is 4.12. The van der Waals surface area contributed by atoms with Crippen molar-refractivity contribution < 1.29 is 9.21 Å². The molecule has 2 aliphatic rings. The van der Waals surface area contributed by atoms with Crippen molar-refractivity contribution in [3.05, 3.63) is 72.4 Å². The molecule has 0 radical (unpaired) electrons. The van der Waals surface area contributed by atoms with Gasteiger partial charge in [-0.15, -0.1) is 0 Å². The molecular formula is C20H19N3O2. The van der Waals surface area contributed by atoms with Gasteiger partial charge in [-0.25, -0.2) is 0 Å². The van der Waals surface area contributed by atoms with Crippen LogP contribution >= 0.6 is 0 Å². The Labute approximate surface area is 145 Å². The van der Waals surface area contributed by atoms with E-state index in [2.05, 4.69) is 52.5 Å². The molecular weight excluding hydrogens is 314 g/mol. The molecule has 5 nitrogen and oxygen atoms in total. The topological polar surface area (TPSA) is 50.4 Å². The molecule has 0 saturated carbocycles. The summed E-state index contributed by atoms with van der Waals surface area (Å²) in [7, 11) is 0. The monoisotopic (exact) mass is 333 g/mol. The first-order chi connectivity index (χ1) is 12.3. The summed E-state index contributed by atoms with van der Waals surface area (Å²) in [6, 6.07) is 16.2. The lowest BCUT2D eigenvalue weighted by atomic mass is 9.82. The van der Waals surface area contributed by atoms with Crippen molar-refractivity contribution in [3.63, 3.8) is 0 Å². The minimum absolute atomic E-state index is 0.0218. The third-order valence-electron chi connectivity index (χ3n) is 5.41. The minimum Gasteiger partial charge on any atom is -0.459 e. The van der Waals surface area contributed by atoms with Gasteiger partial charge in [0.2, 0.25) is 0 Å². The van der Waals surface area contributed by atoms with E-state index in [4.69, 9.17) is 4.42 Å². The van der Waals surface area contributed by atoms with Gasteiger partial charge in [0.05, 0.1) is 23.2 Å². The van der Waals surface area contributed by atoms with Crippen LogP contribution < -0.4 is 5.32 Å². The van der Waals surface area contributed by atoms with E-state index >= 15 is 0 Å². The number of piperidine rings is 1. The number of likely N-dealkylation sites (tertiary alicyclic amines) is 1. The van der Waals surface area contributed by atoms with E-state index in [0.717, 1.165) is 18.5 Å². The molecule has 2 aliphatic heterocycles. The molecule has 1 aromatic carbocycles. The van der Waals surface area contributed by atoms with Crippen molar-refractivity contribution in [2.45, 2.75) is 18.4 Å². The quantitative estimate of drug-likeness (QED) is 0.740. The van der Waals surface area contributed by atoms with Crippen molar-refractivity contribution in [2.24, 2.45) is 0 Å². The van der Waals surface area contributed by atoms with E-state index in [1.54, 1.807) is 18.4 Å². The SMILES string of the molecule is O=C(c1ccco1)N1CCC2(CC1)Nc1ccccc1-n1cccc12. The number of carbonyl (C=O) groups excluding carboxylic acids is 1. The first-order valence-corrected chi connectivity index (χ1v) is 8.65. The molecule has 2 aromatic heterocycles. The number of nitrogens with one attached hydrogen (secondary N) is 1. The number of furan rings is 1. The van der Waals surface area contributed by atoms with Crippen LogP contribution in [-0.2, 0) is 5.54 Å². The molecule has 3 aromatic rings. The standard InChI is InChI=1S/C20H19N3O2/c24-19(17-7-4-14-25-17)22-12-9-20(10-13-22)18-8-3-11-23(18)16-6-2-1-5-15(16)21-20/h1-8,11,14,21H,9-10,12-13H2. The Bertz CT molecular complexity index is 918. The molecule has 0 unspecified atom stereocenters. The summed E-state index contributed by atoms with van der Waals surface area (Å²) in [6.45, 7) is 1.42. The zero-order valence-corrected chi connectivity index (χ0v) is 13.8. The lowest BCUT2D eigenvalue weighted by molar-refractivity contribution is 0.0644. The van der Waals surface area contributed by atoms with Crippen LogP contribution in [0, 0.1) is 0 Å². The molecule has 0 atom stereocenters. The Hall–Kier alpha value is -2.95. The fraction of sp³-hybridized carbons (Fsp3) is 0.250. The van der Waals surface area contributed by atoms with Gasteiger partial charge in [-0.3, -0.25) is 4.79 Å². The summed E-state index contributed by atoms with van der Waals surface area (Å²) >= 11 is 0. The molecule has 1 N–H and O–H groups in total. The largest absolute Gasteiger partial charge is 0.459 e. The smallest absolute Gasteiger partial charge is 0.289 e. The maximum Gasteiger partial charge on any atom is 0.289 e. The van der Waals surface area contributed by atoms with Gasteiger partial charge in [0.25, 0.3) is 5.91 Å². The number of hydrogen-bond acceptors (Lipinski definition) is 3. The highest BCUT2D eigenvalue weighted by molar-refractivity contribution is 5.91. The number of amides is 1. The van der Waals surface area contributed by atoms with Gasteiger partial charge in [-0.05, 0) is 49.2 Å². The van der Waals surface area contributed by atoms with Crippen LogP contribution in [0.25, 0.3) is 5.69 Å².